The van der Waals surface area contributed by atoms with Crippen molar-refractivity contribution in [3.05, 3.63) is 34.3 Å². The zero-order valence-electron chi connectivity index (χ0n) is 11.3. The minimum absolute atomic E-state index is 0.00931. The molecule has 2 heterocycles. The maximum atomic E-state index is 4.19. The number of thiophene rings is 1. The molecule has 0 bridgehead atoms. The van der Waals surface area contributed by atoms with Gasteiger partial charge in [-0.15, -0.1) is 16.4 Å². The maximum absolute atomic E-state index is 4.19. The van der Waals surface area contributed by atoms with Gasteiger partial charge in [-0.2, -0.15) is 0 Å². The molecule has 2 aromatic heterocycles. The molecule has 1 atom stereocenters. The van der Waals surface area contributed by atoms with E-state index >= 15 is 0 Å². The Labute approximate surface area is 112 Å². The number of aromatic nitrogens is 3. The van der Waals surface area contributed by atoms with E-state index < -0.39 is 0 Å². The van der Waals surface area contributed by atoms with Gasteiger partial charge < -0.3 is 5.32 Å². The number of nitrogens with one attached hydrogen (secondary N) is 1. The number of hydrogen-bond acceptors (Lipinski definition) is 4. The van der Waals surface area contributed by atoms with Crippen LogP contribution in [-0.2, 0) is 12.1 Å². The highest BCUT2D eigenvalue weighted by Crippen LogP contribution is 2.18. The quantitative estimate of drug-likeness (QED) is 0.923. The topological polar surface area (TPSA) is 42.7 Å². The Balaban J connectivity index is 1.93. The molecule has 5 heteroatoms. The van der Waals surface area contributed by atoms with Gasteiger partial charge in [0.25, 0.3) is 0 Å². The van der Waals surface area contributed by atoms with Gasteiger partial charge >= 0.3 is 0 Å². The normalized spacial score (nSPS) is 13.8. The van der Waals surface area contributed by atoms with Gasteiger partial charge in [0.15, 0.2) is 0 Å². The van der Waals surface area contributed by atoms with Crippen LogP contribution in [0.5, 0.6) is 0 Å². The van der Waals surface area contributed by atoms with Crippen LogP contribution < -0.4 is 5.32 Å². The van der Waals surface area contributed by atoms with E-state index in [1.165, 1.54) is 4.88 Å². The lowest BCUT2D eigenvalue weighted by Crippen LogP contribution is -2.22. The van der Waals surface area contributed by atoms with Crippen molar-refractivity contribution >= 4 is 11.3 Å². The largest absolute Gasteiger partial charge is 0.304 e. The van der Waals surface area contributed by atoms with Crippen LogP contribution in [0.15, 0.2) is 23.7 Å². The Hall–Kier alpha value is -1.20. The van der Waals surface area contributed by atoms with E-state index in [-0.39, 0.29) is 5.54 Å². The lowest BCUT2D eigenvalue weighted by atomic mass is 10.1. The van der Waals surface area contributed by atoms with E-state index in [0.29, 0.717) is 6.04 Å². The van der Waals surface area contributed by atoms with Gasteiger partial charge in [0.1, 0.15) is 0 Å². The second-order valence-electron chi connectivity index (χ2n) is 5.44. The molecule has 0 fully saturated rings. The van der Waals surface area contributed by atoms with Gasteiger partial charge in [-0.3, -0.25) is 0 Å². The van der Waals surface area contributed by atoms with Crippen molar-refractivity contribution in [1.29, 1.82) is 0 Å². The molecule has 0 aliphatic carbocycles. The Kier molecular flexibility index (Phi) is 3.82. The molecule has 18 heavy (non-hydrogen) atoms. The number of rotatable bonds is 4. The summed E-state index contributed by atoms with van der Waals surface area (Å²) in [6.07, 6.45) is 2.01. The molecule has 1 N–H and O–H groups in total. The first-order chi connectivity index (χ1) is 8.47. The fourth-order valence-electron chi connectivity index (χ4n) is 1.60. The average Bonchev–Trinajstić information content (AvgIpc) is 2.96. The van der Waals surface area contributed by atoms with E-state index in [2.05, 4.69) is 60.8 Å². The second-order valence-corrected chi connectivity index (χ2v) is 6.42. The summed E-state index contributed by atoms with van der Waals surface area (Å²) in [5.41, 5.74) is 0.971. The molecule has 0 saturated carbocycles. The number of hydrogen-bond donors (Lipinski definition) is 1. The zero-order chi connectivity index (χ0) is 13.2. The van der Waals surface area contributed by atoms with Gasteiger partial charge in [0.05, 0.1) is 17.4 Å². The molecule has 0 amide bonds. The minimum Gasteiger partial charge on any atom is -0.304 e. The average molecular weight is 264 g/mol. The molecule has 0 radical (unpaired) electrons. The molecule has 0 aliphatic heterocycles. The van der Waals surface area contributed by atoms with Gasteiger partial charge in [-0.25, -0.2) is 4.68 Å². The maximum Gasteiger partial charge on any atom is 0.0965 e. The Bertz CT molecular complexity index is 481. The molecule has 0 saturated heterocycles. The predicted molar refractivity (Wildman–Crippen MR) is 74.6 cm³/mol. The lowest BCUT2D eigenvalue weighted by Gasteiger charge is -2.17. The summed E-state index contributed by atoms with van der Waals surface area (Å²) in [6.45, 7) is 9.27. The van der Waals surface area contributed by atoms with Crippen LogP contribution >= 0.6 is 11.3 Å². The van der Waals surface area contributed by atoms with Crippen molar-refractivity contribution < 1.29 is 0 Å². The van der Waals surface area contributed by atoms with Gasteiger partial charge in [0.2, 0.25) is 0 Å². The van der Waals surface area contributed by atoms with Crippen LogP contribution in [0.3, 0.4) is 0 Å². The summed E-state index contributed by atoms with van der Waals surface area (Å²) in [7, 11) is 0. The summed E-state index contributed by atoms with van der Waals surface area (Å²) < 4.78 is 1.90. The molecular formula is C13H20N4S. The van der Waals surface area contributed by atoms with Crippen molar-refractivity contribution in [1.82, 2.24) is 20.3 Å². The van der Waals surface area contributed by atoms with E-state index in [0.717, 1.165) is 12.2 Å². The highest BCUT2D eigenvalue weighted by molar-refractivity contribution is 7.10. The molecule has 0 spiro atoms. The molecule has 2 aromatic rings. The van der Waals surface area contributed by atoms with Crippen LogP contribution in [0.2, 0.25) is 0 Å². The fourth-order valence-corrected chi connectivity index (χ4v) is 2.36. The minimum atomic E-state index is -0.00931. The van der Waals surface area contributed by atoms with Crippen molar-refractivity contribution in [3.8, 4) is 0 Å². The van der Waals surface area contributed by atoms with Crippen LogP contribution in [0.25, 0.3) is 0 Å². The first-order valence-electron chi connectivity index (χ1n) is 6.15. The van der Waals surface area contributed by atoms with Crippen LogP contribution in [-0.4, -0.2) is 15.0 Å². The van der Waals surface area contributed by atoms with Crippen LogP contribution in [0.1, 0.15) is 44.3 Å². The molecule has 98 valence electrons. The Morgan fingerprint density at radius 3 is 2.78 bits per heavy atom. The van der Waals surface area contributed by atoms with Crippen LogP contribution in [0, 0.1) is 0 Å². The first kappa shape index (κ1) is 13.2. The summed E-state index contributed by atoms with van der Waals surface area (Å²) in [5.74, 6) is 0. The molecule has 1 unspecified atom stereocenters. The van der Waals surface area contributed by atoms with Crippen molar-refractivity contribution in [2.24, 2.45) is 0 Å². The van der Waals surface area contributed by atoms with Crippen LogP contribution in [0.4, 0.5) is 0 Å². The van der Waals surface area contributed by atoms with Gasteiger partial charge in [-0.05, 0) is 39.1 Å². The molecule has 2 rings (SSSR count). The second kappa shape index (κ2) is 5.20. The van der Waals surface area contributed by atoms with Crippen molar-refractivity contribution in [2.75, 3.05) is 0 Å². The molecule has 0 aliphatic rings. The highest BCUT2D eigenvalue weighted by atomic mass is 32.1. The Morgan fingerprint density at radius 2 is 2.22 bits per heavy atom. The lowest BCUT2D eigenvalue weighted by molar-refractivity contribution is 0.347. The van der Waals surface area contributed by atoms with E-state index in [1.54, 1.807) is 11.3 Å². The zero-order valence-corrected chi connectivity index (χ0v) is 12.2. The smallest absolute Gasteiger partial charge is 0.0965 e. The van der Waals surface area contributed by atoms with Gasteiger partial charge in [-0.1, -0.05) is 11.3 Å². The third-order valence-corrected chi connectivity index (χ3v) is 3.84. The predicted octanol–water partition coefficient (Wildman–Crippen LogP) is 2.95. The van der Waals surface area contributed by atoms with Crippen molar-refractivity contribution in [3.63, 3.8) is 0 Å². The SMILES string of the molecule is CC(NCc1cn(C(C)(C)C)nn1)c1cccs1. The highest BCUT2D eigenvalue weighted by Gasteiger charge is 2.15. The van der Waals surface area contributed by atoms with E-state index in [1.807, 2.05) is 10.9 Å². The fraction of sp³-hybridized carbons (Fsp3) is 0.538. The third-order valence-electron chi connectivity index (χ3n) is 2.79. The monoisotopic (exact) mass is 264 g/mol. The van der Waals surface area contributed by atoms with E-state index in [4.69, 9.17) is 0 Å². The third kappa shape index (κ3) is 3.17. The summed E-state index contributed by atoms with van der Waals surface area (Å²) >= 11 is 1.77. The molecule has 4 nitrogen and oxygen atoms in total. The molecule has 0 aromatic carbocycles. The summed E-state index contributed by atoms with van der Waals surface area (Å²) in [5, 5.41) is 13.9. The number of nitrogens with zero attached hydrogens (tertiary/aromatic N) is 3. The molecular weight excluding hydrogens is 244 g/mol. The van der Waals surface area contributed by atoms with Gasteiger partial charge in [0, 0.05) is 17.5 Å². The first-order valence-corrected chi connectivity index (χ1v) is 7.03. The Morgan fingerprint density at radius 1 is 1.44 bits per heavy atom. The van der Waals surface area contributed by atoms with E-state index in [9.17, 15) is 0 Å². The standard InChI is InChI=1S/C13H20N4S/c1-10(12-6-5-7-18-12)14-8-11-9-17(16-15-11)13(2,3)4/h5-7,9-10,14H,8H2,1-4H3. The van der Waals surface area contributed by atoms with Crippen molar-refractivity contribution in [2.45, 2.75) is 45.8 Å². The summed E-state index contributed by atoms with van der Waals surface area (Å²) in [4.78, 5) is 1.35. The summed E-state index contributed by atoms with van der Waals surface area (Å²) in [6, 6.07) is 4.58.